The first-order valence-corrected chi connectivity index (χ1v) is 10.9. The van der Waals surface area contributed by atoms with Crippen molar-refractivity contribution in [3.05, 3.63) is 77.7 Å². The molecule has 1 aliphatic rings. The predicted octanol–water partition coefficient (Wildman–Crippen LogP) is 6.48. The Balaban J connectivity index is 1.61. The van der Waals surface area contributed by atoms with E-state index in [1.807, 2.05) is 25.1 Å². The van der Waals surface area contributed by atoms with Gasteiger partial charge in [0, 0.05) is 33.9 Å². The average Bonchev–Trinajstić information content (AvgIpc) is 3.18. The highest BCUT2D eigenvalue weighted by atomic mass is 32.2. The van der Waals surface area contributed by atoms with E-state index in [4.69, 9.17) is 11.2 Å². The molecular weight excluding hydrogens is 364 g/mol. The van der Waals surface area contributed by atoms with Crippen molar-refractivity contribution in [1.29, 1.82) is 0 Å². The minimum absolute atomic E-state index is 0.154. The van der Waals surface area contributed by atoms with Crippen LogP contribution >= 0.6 is 10.5 Å². The molecule has 2 nitrogen and oxygen atoms in total. The molecule has 1 aromatic heterocycles. The number of hydrogen-bond acceptors (Lipinski definition) is 2. The summed E-state index contributed by atoms with van der Waals surface area (Å²) in [6, 6.07) is 18.3. The minimum atomic E-state index is -0.889. The van der Waals surface area contributed by atoms with Crippen molar-refractivity contribution in [2.75, 3.05) is 0 Å². The molecule has 0 radical (unpaired) electrons. The van der Waals surface area contributed by atoms with Crippen molar-refractivity contribution < 1.29 is 9.53 Å². The molecular formula is C25H23O2S+. The molecule has 1 heterocycles. The lowest BCUT2D eigenvalue weighted by atomic mass is 9.81. The normalized spacial score (nSPS) is 19.0. The Kier molecular flexibility index (Phi) is 5.07. The zero-order valence-corrected chi connectivity index (χ0v) is 16.7. The summed E-state index contributed by atoms with van der Waals surface area (Å²) in [5, 5.41) is 3.44. The number of carbonyl (C=O) groups is 1. The Hall–Kier alpha value is -2.83. The van der Waals surface area contributed by atoms with Gasteiger partial charge in [0.2, 0.25) is 0 Å². The molecule has 28 heavy (non-hydrogen) atoms. The zero-order chi connectivity index (χ0) is 19.6. The molecule has 4 rings (SSSR count). The summed E-state index contributed by atoms with van der Waals surface area (Å²) >= 11 is 0. The van der Waals surface area contributed by atoms with Crippen LogP contribution in [0.25, 0.3) is 15.0 Å². The van der Waals surface area contributed by atoms with Crippen LogP contribution in [0, 0.1) is 18.3 Å². The highest BCUT2D eigenvalue weighted by molar-refractivity contribution is 7.43. The monoisotopic (exact) mass is 387 g/mol. The summed E-state index contributed by atoms with van der Waals surface area (Å²) in [6.45, 7) is 1.86. The number of rotatable bonds is 4. The molecule has 3 aromatic rings. The molecule has 0 N–H and O–H groups in total. The Bertz CT molecular complexity index is 1090. The molecule has 0 saturated carbocycles. The summed E-state index contributed by atoms with van der Waals surface area (Å²) in [5.41, 5.74) is -0.337. The molecule has 0 spiro atoms. The quantitative estimate of drug-likeness (QED) is 0.221. The number of fused-ring (bicyclic) bond motifs is 1. The van der Waals surface area contributed by atoms with Crippen LogP contribution in [-0.4, -0.2) is 11.6 Å². The Morgan fingerprint density at radius 3 is 2.82 bits per heavy atom. The third-order valence-electron chi connectivity index (χ3n) is 5.50. The number of esters is 1. The number of ether oxygens (including phenoxy) is 1. The maximum absolute atomic E-state index is 12.9. The minimum Gasteiger partial charge on any atom is -0.442 e. The summed E-state index contributed by atoms with van der Waals surface area (Å²) in [6.07, 6.45) is 12.8. The van der Waals surface area contributed by atoms with Crippen LogP contribution in [0.4, 0.5) is 0 Å². The molecule has 0 amide bonds. The van der Waals surface area contributed by atoms with Gasteiger partial charge in [0.05, 0.1) is 5.56 Å². The van der Waals surface area contributed by atoms with E-state index < -0.39 is 5.60 Å². The Morgan fingerprint density at radius 2 is 2.04 bits per heavy atom. The number of allylic oxidation sites excluding steroid dienone is 2. The van der Waals surface area contributed by atoms with Crippen LogP contribution in [0.2, 0.25) is 0 Å². The van der Waals surface area contributed by atoms with Gasteiger partial charge in [-0.25, -0.2) is 4.79 Å². The lowest BCUT2D eigenvalue weighted by molar-refractivity contribution is -0.0109. The van der Waals surface area contributed by atoms with Crippen molar-refractivity contribution >= 4 is 26.5 Å². The molecule has 0 aliphatic heterocycles. The van der Waals surface area contributed by atoms with Crippen molar-refractivity contribution in [2.45, 2.75) is 31.8 Å². The van der Waals surface area contributed by atoms with Gasteiger partial charge in [0.25, 0.3) is 0 Å². The lowest BCUT2D eigenvalue weighted by Gasteiger charge is -2.33. The third kappa shape index (κ3) is 3.48. The SMILES string of the molecule is C#CC(C)(OC(=O)c1cccc(-[s+]2ccc3ccccc32)c1)C1CC=CCC1. The molecule has 0 saturated heterocycles. The molecule has 2 aromatic carbocycles. The van der Waals surface area contributed by atoms with E-state index in [2.05, 4.69) is 53.8 Å². The highest BCUT2D eigenvalue weighted by Crippen LogP contribution is 2.40. The second-order valence-corrected chi connectivity index (χ2v) is 9.19. The topological polar surface area (TPSA) is 26.3 Å². The zero-order valence-electron chi connectivity index (χ0n) is 15.9. The van der Waals surface area contributed by atoms with E-state index in [0.717, 1.165) is 24.2 Å². The van der Waals surface area contributed by atoms with Crippen LogP contribution < -0.4 is 0 Å². The van der Waals surface area contributed by atoms with Crippen molar-refractivity contribution in [2.24, 2.45) is 5.92 Å². The van der Waals surface area contributed by atoms with Crippen molar-refractivity contribution in [3.8, 4) is 17.2 Å². The van der Waals surface area contributed by atoms with Crippen LogP contribution in [0.1, 0.15) is 36.5 Å². The smallest absolute Gasteiger partial charge is 0.339 e. The first kappa shape index (κ1) is 18.5. The van der Waals surface area contributed by atoms with Gasteiger partial charge in [-0.2, -0.15) is 0 Å². The Morgan fingerprint density at radius 1 is 1.18 bits per heavy atom. The first-order chi connectivity index (χ1) is 13.6. The van der Waals surface area contributed by atoms with Crippen LogP contribution in [0.15, 0.2) is 72.1 Å². The summed E-state index contributed by atoms with van der Waals surface area (Å²) in [4.78, 5) is 14.0. The van der Waals surface area contributed by atoms with E-state index in [0.29, 0.717) is 5.56 Å². The van der Waals surface area contributed by atoms with Crippen LogP contribution in [-0.2, 0) is 4.74 Å². The van der Waals surface area contributed by atoms with Gasteiger partial charge in [0.15, 0.2) is 15.2 Å². The van der Waals surface area contributed by atoms with E-state index in [1.54, 1.807) is 6.07 Å². The summed E-state index contributed by atoms with van der Waals surface area (Å²) in [5.74, 6) is 2.55. The summed E-state index contributed by atoms with van der Waals surface area (Å²) in [7, 11) is -0.159. The van der Waals surface area contributed by atoms with Crippen molar-refractivity contribution in [1.82, 2.24) is 0 Å². The fraction of sp³-hybridized carbons (Fsp3) is 0.240. The first-order valence-electron chi connectivity index (χ1n) is 9.57. The molecule has 3 atom stereocenters. The maximum atomic E-state index is 12.9. The van der Waals surface area contributed by atoms with E-state index in [1.165, 1.54) is 10.1 Å². The number of thiophene rings is 1. The fourth-order valence-electron chi connectivity index (χ4n) is 3.77. The average molecular weight is 388 g/mol. The molecule has 3 heteroatoms. The summed E-state index contributed by atoms with van der Waals surface area (Å²) < 4.78 is 7.16. The standard InChI is InChI=1S/C25H23O2S/c1-3-25(2,21-12-5-4-6-13-21)27-24(26)20-11-9-14-22(18-20)28-17-16-19-10-7-8-15-23(19)28/h1,4-5,7-11,14-18,21H,6,12-13H2,2H3/q+1. The second-order valence-electron chi connectivity index (χ2n) is 7.33. The van der Waals surface area contributed by atoms with E-state index >= 15 is 0 Å². The largest absolute Gasteiger partial charge is 0.442 e. The Labute approximate surface area is 168 Å². The van der Waals surface area contributed by atoms with E-state index in [9.17, 15) is 4.79 Å². The number of benzene rings is 2. The fourth-order valence-corrected chi connectivity index (χ4v) is 5.71. The van der Waals surface area contributed by atoms with E-state index in [-0.39, 0.29) is 22.4 Å². The maximum Gasteiger partial charge on any atom is 0.339 e. The van der Waals surface area contributed by atoms with Gasteiger partial charge in [-0.05, 0) is 50.5 Å². The molecule has 1 aliphatic carbocycles. The molecule has 0 bridgehead atoms. The number of terminal acetylenes is 1. The predicted molar refractivity (Wildman–Crippen MR) is 117 cm³/mol. The highest BCUT2D eigenvalue weighted by Gasteiger charge is 2.36. The number of carbonyl (C=O) groups excluding carboxylic acids is 1. The molecule has 3 unspecified atom stereocenters. The van der Waals surface area contributed by atoms with Gasteiger partial charge in [-0.15, -0.1) is 6.42 Å². The third-order valence-corrected chi connectivity index (χ3v) is 7.52. The van der Waals surface area contributed by atoms with Gasteiger partial charge in [0.1, 0.15) is 5.38 Å². The van der Waals surface area contributed by atoms with Gasteiger partial charge >= 0.3 is 5.97 Å². The second kappa shape index (κ2) is 7.66. The van der Waals surface area contributed by atoms with Crippen LogP contribution in [0.5, 0.6) is 0 Å². The lowest BCUT2D eigenvalue weighted by Crippen LogP contribution is -2.39. The van der Waals surface area contributed by atoms with Gasteiger partial charge < -0.3 is 4.74 Å². The van der Waals surface area contributed by atoms with Gasteiger partial charge in [-0.1, -0.05) is 36.3 Å². The molecule has 0 fully saturated rings. The molecule has 140 valence electrons. The van der Waals surface area contributed by atoms with Gasteiger partial charge in [-0.3, -0.25) is 0 Å². The van der Waals surface area contributed by atoms with Crippen LogP contribution in [0.3, 0.4) is 0 Å². The number of hydrogen-bond donors (Lipinski definition) is 0. The van der Waals surface area contributed by atoms with Crippen molar-refractivity contribution in [3.63, 3.8) is 0 Å².